The van der Waals surface area contributed by atoms with Crippen molar-refractivity contribution in [3.8, 4) is 0 Å². The number of aliphatic imine (C=N–C) groups is 1. The van der Waals surface area contributed by atoms with Gasteiger partial charge in [0.05, 0.1) is 6.54 Å². The van der Waals surface area contributed by atoms with Crippen molar-refractivity contribution in [2.75, 3.05) is 25.4 Å². The maximum atomic E-state index is 4.79. The number of nitrogens with one attached hydrogen (secondary N) is 1. The zero-order chi connectivity index (χ0) is 12.3. The first-order valence-corrected chi connectivity index (χ1v) is 7.79. The molecule has 1 atom stereocenters. The van der Waals surface area contributed by atoms with Crippen LogP contribution in [0.15, 0.2) is 4.99 Å². The minimum Gasteiger partial charge on any atom is -0.360 e. The maximum absolute atomic E-state index is 4.79. The van der Waals surface area contributed by atoms with Gasteiger partial charge in [0.2, 0.25) is 0 Å². The summed E-state index contributed by atoms with van der Waals surface area (Å²) in [4.78, 5) is 7.34. The minimum absolute atomic E-state index is 0.226. The van der Waals surface area contributed by atoms with E-state index in [4.69, 9.17) is 4.99 Å². The van der Waals surface area contributed by atoms with Gasteiger partial charge in [0.15, 0.2) is 5.17 Å². The fourth-order valence-electron chi connectivity index (χ4n) is 2.58. The van der Waals surface area contributed by atoms with E-state index in [0.717, 1.165) is 11.7 Å². The predicted molar refractivity (Wildman–Crippen MR) is 76.9 cm³/mol. The molecule has 0 spiro atoms. The summed E-state index contributed by atoms with van der Waals surface area (Å²) < 4.78 is 0. The molecule has 0 saturated carbocycles. The van der Waals surface area contributed by atoms with Crippen LogP contribution in [0.5, 0.6) is 0 Å². The molecule has 2 heterocycles. The lowest BCUT2D eigenvalue weighted by Gasteiger charge is -2.32. The predicted octanol–water partition coefficient (Wildman–Crippen LogP) is 2.33. The Hall–Kier alpha value is -0.220. The second-order valence-corrected chi connectivity index (χ2v) is 6.76. The van der Waals surface area contributed by atoms with Crippen molar-refractivity contribution >= 4 is 16.9 Å². The quantitative estimate of drug-likeness (QED) is 0.839. The smallest absolute Gasteiger partial charge is 0.157 e. The molecule has 1 N–H and O–H groups in total. The van der Waals surface area contributed by atoms with Crippen LogP contribution in [0.25, 0.3) is 0 Å². The van der Waals surface area contributed by atoms with Crippen LogP contribution in [0.2, 0.25) is 0 Å². The second-order valence-electron chi connectivity index (χ2n) is 5.68. The number of nitrogens with zero attached hydrogens (tertiary/aromatic N) is 2. The van der Waals surface area contributed by atoms with Crippen molar-refractivity contribution in [3.05, 3.63) is 0 Å². The first kappa shape index (κ1) is 13.2. The molecule has 0 amide bonds. The molecule has 3 nitrogen and oxygen atoms in total. The summed E-state index contributed by atoms with van der Waals surface area (Å²) in [7, 11) is 0. The summed E-state index contributed by atoms with van der Waals surface area (Å²) in [5, 5.41) is 4.70. The molecule has 4 heteroatoms. The monoisotopic (exact) mass is 255 g/mol. The summed E-state index contributed by atoms with van der Waals surface area (Å²) >= 11 is 1.88. The molecule has 2 aliphatic rings. The van der Waals surface area contributed by atoms with Gasteiger partial charge in [0, 0.05) is 17.3 Å². The lowest BCUT2D eigenvalue weighted by atomic mass is 10.0. The van der Waals surface area contributed by atoms with E-state index in [1.807, 2.05) is 11.8 Å². The van der Waals surface area contributed by atoms with Crippen molar-refractivity contribution in [1.82, 2.24) is 10.2 Å². The average Bonchev–Trinajstić information content (AvgIpc) is 2.72. The summed E-state index contributed by atoms with van der Waals surface area (Å²) in [5.74, 6) is 1.20. The average molecular weight is 255 g/mol. The highest BCUT2D eigenvalue weighted by Crippen LogP contribution is 2.22. The van der Waals surface area contributed by atoms with E-state index in [0.29, 0.717) is 6.04 Å². The zero-order valence-electron chi connectivity index (χ0n) is 11.3. The van der Waals surface area contributed by atoms with Gasteiger partial charge in [-0.2, -0.15) is 0 Å². The van der Waals surface area contributed by atoms with Crippen LogP contribution >= 0.6 is 11.8 Å². The SMILES string of the molecule is CCN1CCCC1CN=C1NC(C)(C)CCS1. The molecule has 0 aromatic carbocycles. The Morgan fingerprint density at radius 2 is 2.35 bits per heavy atom. The van der Waals surface area contributed by atoms with Gasteiger partial charge in [-0.3, -0.25) is 9.89 Å². The molecule has 0 aliphatic carbocycles. The van der Waals surface area contributed by atoms with Crippen LogP contribution in [0, 0.1) is 0 Å². The van der Waals surface area contributed by atoms with Crippen molar-refractivity contribution in [2.24, 2.45) is 4.99 Å². The Balaban J connectivity index is 1.87. The summed E-state index contributed by atoms with van der Waals surface area (Å²) in [5.41, 5.74) is 0.226. The molecular formula is C13H25N3S. The molecule has 17 heavy (non-hydrogen) atoms. The Labute approximate surface area is 109 Å². The molecule has 0 aromatic rings. The van der Waals surface area contributed by atoms with Crippen LogP contribution in [0.4, 0.5) is 0 Å². The molecule has 98 valence electrons. The van der Waals surface area contributed by atoms with Gasteiger partial charge >= 0.3 is 0 Å². The van der Waals surface area contributed by atoms with E-state index in [-0.39, 0.29) is 5.54 Å². The largest absolute Gasteiger partial charge is 0.360 e. The summed E-state index contributed by atoms with van der Waals surface area (Å²) in [6.07, 6.45) is 3.88. The fraction of sp³-hybridized carbons (Fsp3) is 0.923. The topological polar surface area (TPSA) is 27.6 Å². The van der Waals surface area contributed by atoms with E-state index in [1.165, 1.54) is 38.1 Å². The first-order chi connectivity index (χ1) is 8.11. The molecule has 0 radical (unpaired) electrons. The normalized spacial score (nSPS) is 31.7. The van der Waals surface area contributed by atoms with Crippen LogP contribution < -0.4 is 5.32 Å². The highest BCUT2D eigenvalue weighted by molar-refractivity contribution is 8.13. The summed E-state index contributed by atoms with van der Waals surface area (Å²) in [6, 6.07) is 0.680. The van der Waals surface area contributed by atoms with Gasteiger partial charge in [-0.1, -0.05) is 18.7 Å². The van der Waals surface area contributed by atoms with Gasteiger partial charge in [0.25, 0.3) is 0 Å². The van der Waals surface area contributed by atoms with Gasteiger partial charge < -0.3 is 5.32 Å². The molecule has 0 bridgehead atoms. The molecule has 2 fully saturated rings. The third kappa shape index (κ3) is 3.62. The first-order valence-electron chi connectivity index (χ1n) is 6.80. The van der Waals surface area contributed by atoms with Gasteiger partial charge in [-0.15, -0.1) is 0 Å². The van der Waals surface area contributed by atoms with Crippen LogP contribution in [-0.4, -0.2) is 47.0 Å². The van der Waals surface area contributed by atoms with E-state index >= 15 is 0 Å². The lowest BCUT2D eigenvalue weighted by molar-refractivity contribution is 0.273. The molecule has 2 rings (SSSR count). The highest BCUT2D eigenvalue weighted by Gasteiger charge is 2.26. The number of hydrogen-bond acceptors (Lipinski definition) is 3. The molecule has 2 saturated heterocycles. The molecule has 1 unspecified atom stereocenters. The Bertz CT molecular complexity index is 288. The Kier molecular flexibility index (Phi) is 4.36. The van der Waals surface area contributed by atoms with Crippen molar-refractivity contribution < 1.29 is 0 Å². The maximum Gasteiger partial charge on any atom is 0.157 e. The van der Waals surface area contributed by atoms with E-state index in [2.05, 4.69) is 31.0 Å². The van der Waals surface area contributed by atoms with Gasteiger partial charge in [-0.05, 0) is 46.2 Å². The zero-order valence-corrected chi connectivity index (χ0v) is 12.1. The fourth-order valence-corrected chi connectivity index (χ4v) is 3.90. The van der Waals surface area contributed by atoms with Gasteiger partial charge in [-0.25, -0.2) is 0 Å². The minimum atomic E-state index is 0.226. The van der Waals surface area contributed by atoms with E-state index < -0.39 is 0 Å². The van der Waals surface area contributed by atoms with Crippen molar-refractivity contribution in [2.45, 2.75) is 51.6 Å². The lowest BCUT2D eigenvalue weighted by Crippen LogP contribution is -2.46. The van der Waals surface area contributed by atoms with Crippen molar-refractivity contribution in [1.29, 1.82) is 0 Å². The number of likely N-dealkylation sites (N-methyl/N-ethyl adjacent to an activating group) is 1. The number of thioether (sulfide) groups is 1. The number of amidine groups is 1. The van der Waals surface area contributed by atoms with E-state index in [9.17, 15) is 0 Å². The third-order valence-corrected chi connectivity index (χ3v) is 4.67. The van der Waals surface area contributed by atoms with E-state index in [1.54, 1.807) is 0 Å². The number of rotatable bonds is 3. The van der Waals surface area contributed by atoms with Crippen LogP contribution in [0.3, 0.4) is 0 Å². The van der Waals surface area contributed by atoms with Crippen LogP contribution in [-0.2, 0) is 0 Å². The summed E-state index contributed by atoms with van der Waals surface area (Å²) in [6.45, 7) is 10.2. The van der Waals surface area contributed by atoms with Crippen LogP contribution in [0.1, 0.15) is 40.0 Å². The molecule has 0 aromatic heterocycles. The molecular weight excluding hydrogens is 230 g/mol. The number of hydrogen-bond donors (Lipinski definition) is 1. The third-order valence-electron chi connectivity index (χ3n) is 3.76. The highest BCUT2D eigenvalue weighted by atomic mass is 32.2. The Morgan fingerprint density at radius 1 is 1.53 bits per heavy atom. The molecule has 2 aliphatic heterocycles. The van der Waals surface area contributed by atoms with Crippen molar-refractivity contribution in [3.63, 3.8) is 0 Å². The number of likely N-dealkylation sites (tertiary alicyclic amines) is 1. The second kappa shape index (κ2) is 5.61. The van der Waals surface area contributed by atoms with Gasteiger partial charge in [0.1, 0.15) is 0 Å². The standard InChI is InChI=1S/C13H25N3S/c1-4-16-8-5-6-11(16)10-14-12-15-13(2,3)7-9-17-12/h11H,4-10H2,1-3H3,(H,14,15). The Morgan fingerprint density at radius 3 is 3.06 bits per heavy atom.